The van der Waals surface area contributed by atoms with E-state index in [-0.39, 0.29) is 5.91 Å². The van der Waals surface area contributed by atoms with Gasteiger partial charge in [0.2, 0.25) is 5.91 Å². The molecule has 0 aliphatic carbocycles. The Morgan fingerprint density at radius 3 is 2.56 bits per heavy atom. The maximum absolute atomic E-state index is 12.2. The van der Waals surface area contributed by atoms with E-state index in [1.807, 2.05) is 67.6 Å². The number of anilines is 1. The van der Waals surface area contributed by atoms with Crippen molar-refractivity contribution in [2.45, 2.75) is 26.6 Å². The highest BCUT2D eigenvalue weighted by atomic mass is 35.5. The highest BCUT2D eigenvalue weighted by Crippen LogP contribution is 2.13. The van der Waals surface area contributed by atoms with Crippen LogP contribution in [0.25, 0.3) is 0 Å². The van der Waals surface area contributed by atoms with E-state index in [0.29, 0.717) is 30.5 Å². The predicted molar refractivity (Wildman–Crippen MR) is 108 cm³/mol. The minimum absolute atomic E-state index is 0.0904. The average Bonchev–Trinajstić information content (AvgIpc) is 2.64. The third kappa shape index (κ3) is 6.20. The van der Waals surface area contributed by atoms with Gasteiger partial charge in [0.05, 0.1) is 19.6 Å². The van der Waals surface area contributed by atoms with Gasteiger partial charge in [-0.15, -0.1) is 0 Å². The van der Waals surface area contributed by atoms with Crippen molar-refractivity contribution in [3.63, 3.8) is 0 Å². The summed E-state index contributed by atoms with van der Waals surface area (Å²) >= 11 is 5.88. The molecule has 2 aromatic carbocycles. The molecule has 0 bridgehead atoms. The summed E-state index contributed by atoms with van der Waals surface area (Å²) in [5.41, 5.74) is 4.12. The Kier molecular flexibility index (Phi) is 6.58. The molecule has 3 rings (SSSR count). The maximum Gasteiger partial charge on any atom is 0.229 e. The van der Waals surface area contributed by atoms with Crippen LogP contribution in [0, 0.1) is 6.92 Å². The van der Waals surface area contributed by atoms with Crippen LogP contribution in [0.15, 0.2) is 66.9 Å². The minimum Gasteiger partial charge on any atom is -0.372 e. The molecular weight excluding hydrogens is 360 g/mol. The van der Waals surface area contributed by atoms with Crippen molar-refractivity contribution in [1.82, 2.24) is 4.98 Å². The topological polar surface area (TPSA) is 51.2 Å². The van der Waals surface area contributed by atoms with Crippen molar-refractivity contribution < 1.29 is 9.53 Å². The van der Waals surface area contributed by atoms with Gasteiger partial charge in [0.25, 0.3) is 0 Å². The molecule has 1 aromatic heterocycles. The number of aryl methyl sites for hydroxylation is 1. The van der Waals surface area contributed by atoms with Crippen LogP contribution in [0.1, 0.15) is 22.3 Å². The zero-order chi connectivity index (χ0) is 19.1. The zero-order valence-electron chi connectivity index (χ0n) is 15.1. The molecule has 0 saturated heterocycles. The van der Waals surface area contributed by atoms with Crippen LogP contribution < -0.4 is 5.32 Å². The zero-order valence-corrected chi connectivity index (χ0v) is 15.9. The van der Waals surface area contributed by atoms with Gasteiger partial charge in [-0.2, -0.15) is 0 Å². The second-order valence-electron chi connectivity index (χ2n) is 6.38. The molecule has 5 heteroatoms. The minimum atomic E-state index is -0.0904. The predicted octanol–water partition coefficient (Wildman–Crippen LogP) is 4.94. The van der Waals surface area contributed by atoms with Gasteiger partial charge < -0.3 is 10.1 Å². The Morgan fingerprint density at radius 2 is 1.78 bits per heavy atom. The fourth-order valence-corrected chi connectivity index (χ4v) is 2.82. The van der Waals surface area contributed by atoms with Gasteiger partial charge in [-0.25, -0.2) is 4.98 Å². The highest BCUT2D eigenvalue weighted by molar-refractivity contribution is 6.30. The number of nitrogens with zero attached hydrogens (tertiary/aromatic N) is 1. The van der Waals surface area contributed by atoms with Gasteiger partial charge in [-0.1, -0.05) is 53.6 Å². The summed E-state index contributed by atoms with van der Waals surface area (Å²) in [7, 11) is 0. The molecule has 1 N–H and O–H groups in total. The molecule has 27 heavy (non-hydrogen) atoms. The van der Waals surface area contributed by atoms with Crippen LogP contribution in [0.5, 0.6) is 0 Å². The van der Waals surface area contributed by atoms with Gasteiger partial charge >= 0.3 is 0 Å². The number of carbonyl (C=O) groups excluding carboxylic acids is 1. The summed E-state index contributed by atoms with van der Waals surface area (Å²) in [6, 6.07) is 19.2. The van der Waals surface area contributed by atoms with E-state index in [2.05, 4.69) is 10.3 Å². The Labute approximate surface area is 164 Å². The van der Waals surface area contributed by atoms with E-state index in [1.54, 1.807) is 6.20 Å². The van der Waals surface area contributed by atoms with Crippen LogP contribution >= 0.6 is 11.6 Å². The molecule has 0 saturated carbocycles. The Bertz CT molecular complexity index is 910. The van der Waals surface area contributed by atoms with E-state index in [1.165, 1.54) is 0 Å². The van der Waals surface area contributed by atoms with Crippen LogP contribution in [0.4, 0.5) is 5.82 Å². The number of ether oxygens (including phenoxy) is 1. The van der Waals surface area contributed by atoms with E-state index < -0.39 is 0 Å². The normalized spacial score (nSPS) is 10.6. The number of carbonyl (C=O) groups is 1. The van der Waals surface area contributed by atoms with Gasteiger partial charge in [0.1, 0.15) is 5.82 Å². The number of halogens is 1. The first kappa shape index (κ1) is 19.1. The van der Waals surface area contributed by atoms with Gasteiger partial charge in [-0.05, 0) is 47.9 Å². The highest BCUT2D eigenvalue weighted by Gasteiger charge is 2.06. The number of pyridine rings is 1. The van der Waals surface area contributed by atoms with E-state index in [0.717, 1.165) is 22.3 Å². The smallest absolute Gasteiger partial charge is 0.229 e. The summed E-state index contributed by atoms with van der Waals surface area (Å²) < 4.78 is 5.73. The summed E-state index contributed by atoms with van der Waals surface area (Å²) in [6.07, 6.45) is 1.99. The lowest BCUT2D eigenvalue weighted by Crippen LogP contribution is -2.15. The number of hydrogen-bond donors (Lipinski definition) is 1. The van der Waals surface area contributed by atoms with Crippen molar-refractivity contribution in [2.75, 3.05) is 5.32 Å². The number of amides is 1. The van der Waals surface area contributed by atoms with Crippen LogP contribution in [0.3, 0.4) is 0 Å². The Balaban J connectivity index is 1.52. The van der Waals surface area contributed by atoms with Gasteiger partial charge in [0.15, 0.2) is 0 Å². The first-order valence-electron chi connectivity index (χ1n) is 8.71. The molecule has 0 aliphatic rings. The first-order chi connectivity index (χ1) is 13.1. The molecule has 0 spiro atoms. The summed E-state index contributed by atoms with van der Waals surface area (Å²) in [5, 5.41) is 3.55. The lowest BCUT2D eigenvalue weighted by atomic mass is 10.1. The Hall–Kier alpha value is -2.69. The van der Waals surface area contributed by atoms with Crippen molar-refractivity contribution in [3.05, 3.63) is 94.1 Å². The lowest BCUT2D eigenvalue weighted by Gasteiger charge is -2.08. The molecule has 0 atom stereocenters. The molecule has 0 aliphatic heterocycles. The molecule has 0 unspecified atom stereocenters. The SMILES string of the molecule is Cc1cccc(CC(=O)Nc2cc(COCc3ccc(Cl)cc3)ccn2)c1. The first-order valence-corrected chi connectivity index (χ1v) is 9.09. The third-order valence-corrected chi connectivity index (χ3v) is 4.24. The monoisotopic (exact) mass is 380 g/mol. The molecule has 1 heterocycles. The Morgan fingerprint density at radius 1 is 1.00 bits per heavy atom. The number of aromatic nitrogens is 1. The summed E-state index contributed by atoms with van der Waals surface area (Å²) in [6.45, 7) is 2.94. The molecule has 1 amide bonds. The molecule has 3 aromatic rings. The molecular formula is C22H21ClN2O2. The third-order valence-electron chi connectivity index (χ3n) is 3.99. The lowest BCUT2D eigenvalue weighted by molar-refractivity contribution is -0.115. The average molecular weight is 381 g/mol. The van der Waals surface area contributed by atoms with Crippen molar-refractivity contribution in [1.29, 1.82) is 0 Å². The van der Waals surface area contributed by atoms with E-state index in [9.17, 15) is 4.79 Å². The number of rotatable bonds is 7. The quantitative estimate of drug-likeness (QED) is 0.631. The second-order valence-corrected chi connectivity index (χ2v) is 6.82. The molecule has 138 valence electrons. The van der Waals surface area contributed by atoms with E-state index in [4.69, 9.17) is 16.3 Å². The van der Waals surface area contributed by atoms with Crippen molar-refractivity contribution in [3.8, 4) is 0 Å². The van der Waals surface area contributed by atoms with Crippen LogP contribution in [-0.2, 0) is 29.2 Å². The van der Waals surface area contributed by atoms with E-state index >= 15 is 0 Å². The summed E-state index contributed by atoms with van der Waals surface area (Å²) in [4.78, 5) is 16.5. The second kappa shape index (κ2) is 9.31. The van der Waals surface area contributed by atoms with Gasteiger partial charge in [-0.3, -0.25) is 4.79 Å². The van der Waals surface area contributed by atoms with Crippen LogP contribution in [-0.4, -0.2) is 10.9 Å². The number of hydrogen-bond acceptors (Lipinski definition) is 3. The maximum atomic E-state index is 12.2. The number of benzene rings is 2. The summed E-state index contributed by atoms with van der Waals surface area (Å²) in [5.74, 6) is 0.438. The fraction of sp³-hybridized carbons (Fsp3) is 0.182. The van der Waals surface area contributed by atoms with Crippen molar-refractivity contribution >= 4 is 23.3 Å². The largest absolute Gasteiger partial charge is 0.372 e. The fourth-order valence-electron chi connectivity index (χ4n) is 2.69. The number of nitrogens with one attached hydrogen (secondary N) is 1. The molecule has 0 radical (unpaired) electrons. The molecule has 4 nitrogen and oxygen atoms in total. The van der Waals surface area contributed by atoms with Crippen molar-refractivity contribution in [2.24, 2.45) is 0 Å². The van der Waals surface area contributed by atoms with Crippen LogP contribution in [0.2, 0.25) is 5.02 Å². The van der Waals surface area contributed by atoms with Gasteiger partial charge in [0, 0.05) is 11.2 Å². The molecule has 0 fully saturated rings. The standard InChI is InChI=1S/C22H21ClN2O2/c1-16-3-2-4-18(11-16)13-22(26)25-21-12-19(9-10-24-21)15-27-14-17-5-7-20(23)8-6-17/h2-12H,13-15H2,1H3,(H,24,25,26).